The molecule has 0 spiro atoms. The zero-order valence-corrected chi connectivity index (χ0v) is 15.9. The van der Waals surface area contributed by atoms with E-state index in [-0.39, 0.29) is 11.3 Å². The number of carbonyl (C=O) groups excluding carboxylic acids is 1. The third-order valence-electron chi connectivity index (χ3n) is 5.27. The van der Waals surface area contributed by atoms with Crippen molar-refractivity contribution < 1.29 is 14.3 Å². The molecule has 1 aromatic rings. The molecular weight excluding hydrogens is 316 g/mol. The highest BCUT2D eigenvalue weighted by molar-refractivity contribution is 5.95. The molecule has 0 unspecified atom stereocenters. The fourth-order valence-electron chi connectivity index (χ4n) is 3.79. The highest BCUT2D eigenvalue weighted by atomic mass is 16.5. The van der Waals surface area contributed by atoms with Crippen molar-refractivity contribution in [3.63, 3.8) is 0 Å². The first-order valence-corrected chi connectivity index (χ1v) is 9.20. The van der Waals surface area contributed by atoms with E-state index in [1.54, 1.807) is 7.11 Å². The lowest BCUT2D eigenvalue weighted by Crippen LogP contribution is -2.45. The van der Waals surface area contributed by atoms with Crippen LogP contribution >= 0.6 is 0 Å². The fraction of sp³-hybridized carbons (Fsp3) is 0.650. The van der Waals surface area contributed by atoms with Gasteiger partial charge in [0.05, 0.1) is 20.3 Å². The van der Waals surface area contributed by atoms with E-state index in [0.717, 1.165) is 57.1 Å². The Morgan fingerprint density at radius 3 is 2.56 bits per heavy atom. The van der Waals surface area contributed by atoms with Gasteiger partial charge >= 0.3 is 0 Å². The molecule has 0 radical (unpaired) electrons. The third kappa shape index (κ3) is 3.98. The molecule has 1 aromatic carbocycles. The Morgan fingerprint density at radius 2 is 1.92 bits per heavy atom. The summed E-state index contributed by atoms with van der Waals surface area (Å²) in [6.45, 7) is 11.6. The van der Waals surface area contributed by atoms with Gasteiger partial charge in [0, 0.05) is 37.8 Å². The van der Waals surface area contributed by atoms with Crippen LogP contribution in [0.2, 0.25) is 0 Å². The van der Waals surface area contributed by atoms with Crippen molar-refractivity contribution in [3.8, 4) is 5.75 Å². The number of ether oxygens (including phenoxy) is 2. The summed E-state index contributed by atoms with van der Waals surface area (Å²) >= 11 is 0. The van der Waals surface area contributed by atoms with Crippen LogP contribution in [0.25, 0.3) is 0 Å². The summed E-state index contributed by atoms with van der Waals surface area (Å²) in [6.07, 6.45) is 1.04. The molecule has 0 aromatic heterocycles. The molecule has 3 rings (SSSR count). The molecule has 5 nitrogen and oxygen atoms in total. The molecule has 0 bridgehead atoms. The fourth-order valence-corrected chi connectivity index (χ4v) is 3.79. The Balaban J connectivity index is 1.71. The Labute approximate surface area is 150 Å². The maximum Gasteiger partial charge on any atom is 0.254 e. The molecule has 0 N–H and O–H groups in total. The van der Waals surface area contributed by atoms with Gasteiger partial charge in [0.1, 0.15) is 5.75 Å². The van der Waals surface area contributed by atoms with Crippen LogP contribution in [0.5, 0.6) is 5.75 Å². The van der Waals surface area contributed by atoms with E-state index in [9.17, 15) is 4.79 Å². The maximum absolute atomic E-state index is 12.9. The first-order valence-electron chi connectivity index (χ1n) is 9.20. The number of carbonyl (C=O) groups is 1. The third-order valence-corrected chi connectivity index (χ3v) is 5.27. The van der Waals surface area contributed by atoms with Gasteiger partial charge < -0.3 is 14.4 Å². The van der Waals surface area contributed by atoms with Crippen LogP contribution < -0.4 is 4.74 Å². The molecule has 1 atom stereocenters. The number of hydrogen-bond donors (Lipinski definition) is 0. The number of benzene rings is 1. The minimum absolute atomic E-state index is 0.0119. The van der Waals surface area contributed by atoms with E-state index in [4.69, 9.17) is 9.47 Å². The number of amides is 1. The normalized spacial score (nSPS) is 22.2. The second kappa shape index (κ2) is 7.34. The molecule has 0 aliphatic carbocycles. The van der Waals surface area contributed by atoms with Crippen LogP contribution in [0.1, 0.15) is 43.1 Å². The quantitative estimate of drug-likeness (QED) is 0.843. The second-order valence-electron chi connectivity index (χ2n) is 8.01. The number of nitrogens with zero attached hydrogens (tertiary/aromatic N) is 2. The number of methoxy groups -OCH3 is 1. The van der Waals surface area contributed by atoms with Crippen molar-refractivity contribution in [2.24, 2.45) is 0 Å². The van der Waals surface area contributed by atoms with Gasteiger partial charge in [0.25, 0.3) is 5.91 Å². The minimum atomic E-state index is -0.0119. The van der Waals surface area contributed by atoms with Gasteiger partial charge in [-0.05, 0) is 29.5 Å². The predicted octanol–water partition coefficient (Wildman–Crippen LogP) is 2.54. The van der Waals surface area contributed by atoms with Crippen LogP contribution in [0, 0.1) is 0 Å². The van der Waals surface area contributed by atoms with Crippen molar-refractivity contribution in [1.82, 2.24) is 9.80 Å². The summed E-state index contributed by atoms with van der Waals surface area (Å²) in [5.41, 5.74) is 1.83. The summed E-state index contributed by atoms with van der Waals surface area (Å²) in [4.78, 5) is 17.4. The zero-order valence-electron chi connectivity index (χ0n) is 15.9. The zero-order chi connectivity index (χ0) is 18.0. The minimum Gasteiger partial charge on any atom is -0.496 e. The first kappa shape index (κ1) is 18.2. The Bertz CT molecular complexity index is 618. The van der Waals surface area contributed by atoms with Crippen molar-refractivity contribution in [1.29, 1.82) is 0 Å². The standard InChI is InChI=1S/C20H30N2O3/c1-20(2,3)17-6-5-15(13-18(17)24-4)19(23)22-8-7-16(14-22)21-9-11-25-12-10-21/h5-6,13,16H,7-12,14H2,1-4H3/t16-/m0/s1. The number of hydrogen-bond acceptors (Lipinski definition) is 4. The largest absolute Gasteiger partial charge is 0.496 e. The second-order valence-corrected chi connectivity index (χ2v) is 8.01. The van der Waals surface area contributed by atoms with E-state index >= 15 is 0 Å². The average molecular weight is 346 g/mol. The summed E-state index contributed by atoms with van der Waals surface area (Å²) in [5.74, 6) is 0.900. The molecule has 5 heteroatoms. The first-order chi connectivity index (χ1) is 11.9. The van der Waals surface area contributed by atoms with E-state index < -0.39 is 0 Å². The lowest BCUT2D eigenvalue weighted by atomic mass is 9.85. The lowest BCUT2D eigenvalue weighted by Gasteiger charge is -2.32. The Hall–Kier alpha value is -1.59. The topological polar surface area (TPSA) is 42.0 Å². The molecule has 0 saturated carbocycles. The maximum atomic E-state index is 12.9. The number of rotatable bonds is 3. The molecule has 25 heavy (non-hydrogen) atoms. The summed E-state index contributed by atoms with van der Waals surface area (Å²) in [5, 5.41) is 0. The molecule has 2 aliphatic rings. The van der Waals surface area contributed by atoms with Crippen LogP contribution in [0.3, 0.4) is 0 Å². The summed E-state index contributed by atoms with van der Waals surface area (Å²) in [7, 11) is 1.67. The van der Waals surface area contributed by atoms with Gasteiger partial charge in [0.2, 0.25) is 0 Å². The number of likely N-dealkylation sites (tertiary alicyclic amines) is 1. The molecule has 2 aliphatic heterocycles. The molecule has 138 valence electrons. The summed E-state index contributed by atoms with van der Waals surface area (Å²) in [6, 6.07) is 6.32. The van der Waals surface area contributed by atoms with Crippen LogP contribution in [-0.4, -0.2) is 68.3 Å². The van der Waals surface area contributed by atoms with Crippen molar-refractivity contribution in [2.75, 3.05) is 46.5 Å². The SMILES string of the molecule is COc1cc(C(=O)N2CC[C@H](N3CCOCC3)C2)ccc1C(C)(C)C. The Kier molecular flexibility index (Phi) is 5.35. The number of morpholine rings is 1. The van der Waals surface area contributed by atoms with Crippen LogP contribution in [0.4, 0.5) is 0 Å². The van der Waals surface area contributed by atoms with E-state index in [0.29, 0.717) is 11.6 Å². The van der Waals surface area contributed by atoms with Gasteiger partial charge in [-0.25, -0.2) is 0 Å². The molecule has 2 heterocycles. The van der Waals surface area contributed by atoms with Crippen molar-refractivity contribution >= 4 is 5.91 Å². The van der Waals surface area contributed by atoms with Gasteiger partial charge in [-0.2, -0.15) is 0 Å². The lowest BCUT2D eigenvalue weighted by molar-refractivity contribution is 0.0185. The molecule has 2 fully saturated rings. The van der Waals surface area contributed by atoms with E-state index in [2.05, 4.69) is 25.7 Å². The Morgan fingerprint density at radius 1 is 1.20 bits per heavy atom. The smallest absolute Gasteiger partial charge is 0.254 e. The molecule has 2 saturated heterocycles. The van der Waals surface area contributed by atoms with Gasteiger partial charge in [-0.15, -0.1) is 0 Å². The van der Waals surface area contributed by atoms with E-state index in [1.807, 2.05) is 23.1 Å². The summed E-state index contributed by atoms with van der Waals surface area (Å²) < 4.78 is 11.0. The van der Waals surface area contributed by atoms with Crippen LogP contribution in [-0.2, 0) is 10.2 Å². The highest BCUT2D eigenvalue weighted by Gasteiger charge is 2.32. The average Bonchev–Trinajstić information content (AvgIpc) is 3.10. The van der Waals surface area contributed by atoms with Crippen LogP contribution in [0.15, 0.2) is 18.2 Å². The molecule has 1 amide bonds. The van der Waals surface area contributed by atoms with Crippen molar-refractivity contribution in [2.45, 2.75) is 38.6 Å². The van der Waals surface area contributed by atoms with Gasteiger partial charge in [-0.3, -0.25) is 9.69 Å². The predicted molar refractivity (Wildman–Crippen MR) is 98.4 cm³/mol. The molecular formula is C20H30N2O3. The van der Waals surface area contributed by atoms with Gasteiger partial charge in [-0.1, -0.05) is 26.8 Å². The van der Waals surface area contributed by atoms with E-state index in [1.165, 1.54) is 0 Å². The van der Waals surface area contributed by atoms with Crippen molar-refractivity contribution in [3.05, 3.63) is 29.3 Å². The monoisotopic (exact) mass is 346 g/mol. The van der Waals surface area contributed by atoms with Gasteiger partial charge in [0.15, 0.2) is 0 Å². The highest BCUT2D eigenvalue weighted by Crippen LogP contribution is 2.32.